The Morgan fingerprint density at radius 2 is 1.45 bits per heavy atom. The van der Waals surface area contributed by atoms with Gasteiger partial charge in [0, 0.05) is 25.2 Å². The van der Waals surface area contributed by atoms with Crippen LogP contribution >= 0.6 is 0 Å². The van der Waals surface area contributed by atoms with Crippen molar-refractivity contribution in [1.29, 1.82) is 0 Å². The third-order valence-corrected chi connectivity index (χ3v) is 6.47. The standard InChI is InChI=1S/C23H23N3O4S/c1-26(2)31(29,30)20-13-8-12-19(16-20)22(27)24-25-23(28)21-14-7-6-11-18(21)15-17-9-4-3-5-10-17/h3-14,16H,15H2,1-2H3,(H,24,27)(H,25,28). The Bertz CT molecular complexity index is 1190. The molecule has 0 aliphatic heterocycles. The SMILES string of the molecule is CN(C)S(=O)(=O)c1cccc(C(=O)NNC(=O)c2ccccc2Cc2ccccc2)c1. The lowest BCUT2D eigenvalue weighted by Gasteiger charge is -2.13. The van der Waals surface area contributed by atoms with Gasteiger partial charge in [-0.3, -0.25) is 20.4 Å². The number of hydrogen-bond acceptors (Lipinski definition) is 4. The highest BCUT2D eigenvalue weighted by Gasteiger charge is 2.19. The van der Waals surface area contributed by atoms with Crippen LogP contribution in [-0.4, -0.2) is 38.6 Å². The van der Waals surface area contributed by atoms with E-state index in [0.29, 0.717) is 12.0 Å². The maximum absolute atomic E-state index is 12.7. The summed E-state index contributed by atoms with van der Waals surface area (Å²) >= 11 is 0. The van der Waals surface area contributed by atoms with Crippen LogP contribution in [0.15, 0.2) is 83.8 Å². The van der Waals surface area contributed by atoms with Gasteiger partial charge in [0.2, 0.25) is 10.0 Å². The molecule has 0 aliphatic rings. The minimum Gasteiger partial charge on any atom is -0.267 e. The number of carbonyl (C=O) groups is 2. The maximum atomic E-state index is 12.7. The first kappa shape index (κ1) is 22.2. The van der Waals surface area contributed by atoms with Gasteiger partial charge < -0.3 is 0 Å². The predicted octanol–water partition coefficient (Wildman–Crippen LogP) is 2.60. The summed E-state index contributed by atoms with van der Waals surface area (Å²) in [6.07, 6.45) is 0.572. The minimum atomic E-state index is -3.68. The summed E-state index contributed by atoms with van der Waals surface area (Å²) < 4.78 is 25.6. The van der Waals surface area contributed by atoms with E-state index in [1.54, 1.807) is 12.1 Å². The van der Waals surface area contributed by atoms with Crippen LogP contribution < -0.4 is 10.9 Å². The smallest absolute Gasteiger partial charge is 0.267 e. The van der Waals surface area contributed by atoms with Crippen LogP contribution in [0.4, 0.5) is 0 Å². The van der Waals surface area contributed by atoms with Crippen LogP contribution in [0.1, 0.15) is 31.8 Å². The molecule has 0 heterocycles. The van der Waals surface area contributed by atoms with Crippen molar-refractivity contribution >= 4 is 21.8 Å². The lowest BCUT2D eigenvalue weighted by atomic mass is 9.99. The molecular formula is C23H23N3O4S. The molecule has 0 unspecified atom stereocenters. The maximum Gasteiger partial charge on any atom is 0.269 e. The second kappa shape index (κ2) is 9.55. The second-order valence-corrected chi connectivity index (χ2v) is 9.19. The highest BCUT2D eigenvalue weighted by Crippen LogP contribution is 2.16. The fourth-order valence-electron chi connectivity index (χ4n) is 2.97. The first-order valence-electron chi connectivity index (χ1n) is 9.54. The Balaban J connectivity index is 1.71. The van der Waals surface area contributed by atoms with E-state index in [0.717, 1.165) is 15.4 Å². The van der Waals surface area contributed by atoms with Gasteiger partial charge in [0.15, 0.2) is 0 Å². The highest BCUT2D eigenvalue weighted by atomic mass is 32.2. The number of hydrogen-bond donors (Lipinski definition) is 2. The number of nitrogens with zero attached hydrogens (tertiary/aromatic N) is 1. The average molecular weight is 438 g/mol. The molecule has 8 heteroatoms. The number of benzene rings is 3. The second-order valence-electron chi connectivity index (χ2n) is 7.04. The summed E-state index contributed by atoms with van der Waals surface area (Å²) in [4.78, 5) is 25.1. The Hall–Kier alpha value is -3.49. The van der Waals surface area contributed by atoms with Gasteiger partial charge in [0.1, 0.15) is 0 Å². The van der Waals surface area contributed by atoms with Gasteiger partial charge in [-0.05, 0) is 41.8 Å². The van der Waals surface area contributed by atoms with Crippen LogP contribution in [0, 0.1) is 0 Å². The summed E-state index contributed by atoms with van der Waals surface area (Å²) in [7, 11) is -0.853. The molecule has 0 spiro atoms. The van der Waals surface area contributed by atoms with Crippen molar-refractivity contribution in [2.45, 2.75) is 11.3 Å². The Morgan fingerprint density at radius 1 is 0.806 bits per heavy atom. The molecule has 0 atom stereocenters. The van der Waals surface area contributed by atoms with Gasteiger partial charge in [0.05, 0.1) is 4.90 Å². The fourth-order valence-corrected chi connectivity index (χ4v) is 3.92. The zero-order valence-electron chi connectivity index (χ0n) is 17.2. The van der Waals surface area contributed by atoms with Crippen molar-refractivity contribution in [3.05, 3.63) is 101 Å². The van der Waals surface area contributed by atoms with Gasteiger partial charge in [-0.25, -0.2) is 12.7 Å². The Kier molecular flexibility index (Phi) is 6.84. The van der Waals surface area contributed by atoms with E-state index in [1.807, 2.05) is 42.5 Å². The summed E-state index contributed by atoms with van der Waals surface area (Å²) in [6, 6.07) is 22.5. The average Bonchev–Trinajstić information content (AvgIpc) is 2.78. The molecule has 0 aromatic heterocycles. The summed E-state index contributed by atoms with van der Waals surface area (Å²) in [5.41, 5.74) is 7.19. The molecule has 3 aromatic rings. The summed E-state index contributed by atoms with van der Waals surface area (Å²) in [5, 5.41) is 0. The van der Waals surface area contributed by atoms with Gasteiger partial charge in [-0.1, -0.05) is 54.6 Å². The lowest BCUT2D eigenvalue weighted by molar-refractivity contribution is 0.0846. The molecule has 0 radical (unpaired) electrons. The normalized spacial score (nSPS) is 11.2. The summed E-state index contributed by atoms with van der Waals surface area (Å²) in [6.45, 7) is 0. The molecule has 7 nitrogen and oxygen atoms in total. The number of rotatable bonds is 6. The highest BCUT2D eigenvalue weighted by molar-refractivity contribution is 7.89. The molecule has 160 valence electrons. The molecule has 2 N–H and O–H groups in total. The van der Waals surface area contributed by atoms with E-state index in [2.05, 4.69) is 10.9 Å². The van der Waals surface area contributed by atoms with E-state index in [-0.39, 0.29) is 10.5 Å². The van der Waals surface area contributed by atoms with Crippen molar-refractivity contribution in [2.75, 3.05) is 14.1 Å². The zero-order chi connectivity index (χ0) is 22.4. The number of sulfonamides is 1. The van der Waals surface area contributed by atoms with Crippen LogP contribution in [0.5, 0.6) is 0 Å². The van der Waals surface area contributed by atoms with Crippen molar-refractivity contribution < 1.29 is 18.0 Å². The van der Waals surface area contributed by atoms with Crippen LogP contribution in [0.25, 0.3) is 0 Å². The van der Waals surface area contributed by atoms with Crippen molar-refractivity contribution in [2.24, 2.45) is 0 Å². The van der Waals surface area contributed by atoms with Gasteiger partial charge >= 0.3 is 0 Å². The van der Waals surface area contributed by atoms with Gasteiger partial charge in [-0.2, -0.15) is 0 Å². The first-order chi connectivity index (χ1) is 14.8. The molecule has 2 amide bonds. The molecule has 0 saturated heterocycles. The number of hydrazine groups is 1. The summed E-state index contributed by atoms with van der Waals surface area (Å²) in [5.74, 6) is -1.08. The van der Waals surface area contributed by atoms with Crippen molar-refractivity contribution in [3.8, 4) is 0 Å². The molecule has 0 bridgehead atoms. The molecule has 0 saturated carbocycles. The number of amides is 2. The zero-order valence-corrected chi connectivity index (χ0v) is 18.0. The van der Waals surface area contributed by atoms with Crippen molar-refractivity contribution in [3.63, 3.8) is 0 Å². The number of carbonyl (C=O) groups excluding carboxylic acids is 2. The lowest BCUT2D eigenvalue weighted by Crippen LogP contribution is -2.42. The van der Waals surface area contributed by atoms with E-state index < -0.39 is 21.8 Å². The molecule has 3 aromatic carbocycles. The first-order valence-corrected chi connectivity index (χ1v) is 11.0. The molecule has 3 rings (SSSR count). The topological polar surface area (TPSA) is 95.6 Å². The molecular weight excluding hydrogens is 414 g/mol. The van der Waals surface area contributed by atoms with E-state index in [1.165, 1.54) is 38.4 Å². The largest absolute Gasteiger partial charge is 0.269 e. The monoisotopic (exact) mass is 437 g/mol. The minimum absolute atomic E-state index is 0.00955. The van der Waals surface area contributed by atoms with E-state index in [4.69, 9.17) is 0 Å². The predicted molar refractivity (Wildman–Crippen MR) is 118 cm³/mol. The third-order valence-electron chi connectivity index (χ3n) is 4.66. The van der Waals surface area contributed by atoms with Crippen LogP contribution in [-0.2, 0) is 16.4 Å². The van der Waals surface area contributed by atoms with E-state index in [9.17, 15) is 18.0 Å². The van der Waals surface area contributed by atoms with Crippen LogP contribution in [0.2, 0.25) is 0 Å². The molecule has 0 aliphatic carbocycles. The Morgan fingerprint density at radius 3 is 2.16 bits per heavy atom. The molecule has 31 heavy (non-hydrogen) atoms. The quantitative estimate of drug-likeness (QED) is 0.580. The number of nitrogens with one attached hydrogen (secondary N) is 2. The van der Waals surface area contributed by atoms with E-state index >= 15 is 0 Å². The van der Waals surface area contributed by atoms with Crippen LogP contribution in [0.3, 0.4) is 0 Å². The van der Waals surface area contributed by atoms with Gasteiger partial charge in [0.25, 0.3) is 11.8 Å². The molecule has 0 fully saturated rings. The van der Waals surface area contributed by atoms with Crippen molar-refractivity contribution in [1.82, 2.24) is 15.2 Å². The third kappa shape index (κ3) is 5.36. The Labute approximate surface area is 181 Å². The fraction of sp³-hybridized carbons (Fsp3) is 0.130. The van der Waals surface area contributed by atoms with Gasteiger partial charge in [-0.15, -0.1) is 0 Å².